The molecular formula is C12H23N5. The number of hydrogen-bond acceptors (Lipinski definition) is 2. The Morgan fingerprint density at radius 2 is 1.12 bits per heavy atom. The molecule has 0 aliphatic carbocycles. The maximum absolute atomic E-state index is 8.17. The predicted octanol–water partition coefficient (Wildman–Crippen LogP) is 1.37. The Bertz CT molecular complexity index is 289. The number of piperidine rings is 1. The molecule has 0 aromatic carbocycles. The number of hydrogen-bond donors (Lipinski definition) is 2. The smallest absolute Gasteiger partial charge is 0.200 e. The third kappa shape index (κ3) is 2.70. The molecule has 0 aromatic rings. The first kappa shape index (κ1) is 12.2. The van der Waals surface area contributed by atoms with Gasteiger partial charge in [-0.3, -0.25) is 15.7 Å². The van der Waals surface area contributed by atoms with Gasteiger partial charge in [0.15, 0.2) is 11.9 Å². The number of nitrogens with zero attached hydrogens (tertiary/aromatic N) is 3. The van der Waals surface area contributed by atoms with Gasteiger partial charge >= 0.3 is 0 Å². The highest BCUT2D eigenvalue weighted by Crippen LogP contribution is 2.13. The first-order valence-electron chi connectivity index (χ1n) is 6.61. The lowest BCUT2D eigenvalue weighted by Gasteiger charge is -2.35. The maximum atomic E-state index is 8.17. The molecule has 2 rings (SSSR count). The summed E-state index contributed by atoms with van der Waals surface area (Å²) < 4.78 is 0. The van der Waals surface area contributed by atoms with Gasteiger partial charge in [0.05, 0.1) is 0 Å². The first-order valence-corrected chi connectivity index (χ1v) is 6.61. The molecule has 0 spiro atoms. The average molecular weight is 237 g/mol. The summed E-state index contributed by atoms with van der Waals surface area (Å²) in [7, 11) is 1.84. The van der Waals surface area contributed by atoms with E-state index in [1.807, 2.05) is 7.05 Å². The Morgan fingerprint density at radius 1 is 0.765 bits per heavy atom. The van der Waals surface area contributed by atoms with E-state index in [2.05, 4.69) is 9.80 Å². The molecule has 2 aliphatic rings. The Labute approximate surface area is 103 Å². The van der Waals surface area contributed by atoms with Gasteiger partial charge in [-0.2, -0.15) is 0 Å². The summed E-state index contributed by atoms with van der Waals surface area (Å²) >= 11 is 0. The lowest BCUT2D eigenvalue weighted by molar-refractivity contribution is 0.309. The fraction of sp³-hybridized carbons (Fsp3) is 0.833. The van der Waals surface area contributed by atoms with Crippen molar-refractivity contribution in [2.45, 2.75) is 32.1 Å². The third-order valence-corrected chi connectivity index (χ3v) is 3.70. The lowest BCUT2D eigenvalue weighted by atomic mass is 10.1. The summed E-state index contributed by atoms with van der Waals surface area (Å²) in [5.41, 5.74) is 0. The van der Waals surface area contributed by atoms with Crippen molar-refractivity contribution >= 4 is 11.9 Å². The van der Waals surface area contributed by atoms with Crippen LogP contribution in [-0.2, 0) is 0 Å². The zero-order valence-corrected chi connectivity index (χ0v) is 10.7. The molecule has 0 unspecified atom stereocenters. The van der Waals surface area contributed by atoms with Gasteiger partial charge in [0, 0.05) is 33.2 Å². The predicted molar refractivity (Wildman–Crippen MR) is 69.4 cm³/mol. The van der Waals surface area contributed by atoms with Crippen LogP contribution in [0.2, 0.25) is 0 Å². The average Bonchev–Trinajstić information content (AvgIpc) is 2.91. The Morgan fingerprint density at radius 3 is 1.53 bits per heavy atom. The van der Waals surface area contributed by atoms with Crippen LogP contribution in [0.25, 0.3) is 0 Å². The zero-order chi connectivity index (χ0) is 12.3. The fourth-order valence-electron chi connectivity index (χ4n) is 2.56. The van der Waals surface area contributed by atoms with Gasteiger partial charge in [-0.05, 0) is 32.1 Å². The van der Waals surface area contributed by atoms with Crippen LogP contribution in [0.1, 0.15) is 32.1 Å². The molecule has 2 aliphatic heterocycles. The molecule has 2 N–H and O–H groups in total. The molecule has 0 saturated carbocycles. The summed E-state index contributed by atoms with van der Waals surface area (Å²) in [6.07, 6.45) is 5.97. The highest BCUT2D eigenvalue weighted by atomic mass is 15.4. The molecule has 0 radical (unpaired) electrons. The van der Waals surface area contributed by atoms with Gasteiger partial charge in [-0.25, -0.2) is 0 Å². The first-order chi connectivity index (χ1) is 8.20. The van der Waals surface area contributed by atoms with Gasteiger partial charge in [0.2, 0.25) is 0 Å². The molecule has 5 heteroatoms. The van der Waals surface area contributed by atoms with E-state index < -0.39 is 0 Å². The molecule has 5 nitrogen and oxygen atoms in total. The quantitative estimate of drug-likeness (QED) is 0.494. The van der Waals surface area contributed by atoms with Crippen LogP contribution in [0.15, 0.2) is 0 Å². The van der Waals surface area contributed by atoms with Crippen molar-refractivity contribution in [1.82, 2.24) is 14.7 Å². The highest BCUT2D eigenvalue weighted by molar-refractivity contribution is 5.95. The molecule has 0 atom stereocenters. The van der Waals surface area contributed by atoms with E-state index in [1.54, 1.807) is 4.90 Å². The Kier molecular flexibility index (Phi) is 3.86. The van der Waals surface area contributed by atoms with E-state index in [1.165, 1.54) is 32.1 Å². The maximum Gasteiger partial charge on any atom is 0.200 e. The zero-order valence-electron chi connectivity index (χ0n) is 10.7. The SMILES string of the molecule is CN(C(=N)N1CCCCC1)C(=N)N1CCCC1. The molecule has 2 saturated heterocycles. The largest absolute Gasteiger partial charge is 0.343 e. The van der Waals surface area contributed by atoms with E-state index in [0.717, 1.165) is 26.2 Å². The Hall–Kier alpha value is -1.26. The second kappa shape index (κ2) is 5.38. The Balaban J connectivity index is 1.91. The molecular weight excluding hydrogens is 214 g/mol. The monoisotopic (exact) mass is 237 g/mol. The van der Waals surface area contributed by atoms with E-state index in [-0.39, 0.29) is 0 Å². The minimum Gasteiger partial charge on any atom is -0.343 e. The molecule has 17 heavy (non-hydrogen) atoms. The van der Waals surface area contributed by atoms with Crippen molar-refractivity contribution in [3.63, 3.8) is 0 Å². The van der Waals surface area contributed by atoms with Gasteiger partial charge in [0.1, 0.15) is 0 Å². The molecule has 2 heterocycles. The molecule has 96 valence electrons. The van der Waals surface area contributed by atoms with Crippen molar-refractivity contribution in [1.29, 1.82) is 10.8 Å². The summed E-state index contributed by atoms with van der Waals surface area (Å²) in [4.78, 5) is 5.88. The van der Waals surface area contributed by atoms with Crippen molar-refractivity contribution in [2.24, 2.45) is 0 Å². The van der Waals surface area contributed by atoms with Crippen LogP contribution in [0.3, 0.4) is 0 Å². The lowest BCUT2D eigenvalue weighted by Crippen LogP contribution is -2.50. The number of guanidine groups is 2. The van der Waals surface area contributed by atoms with Crippen LogP contribution >= 0.6 is 0 Å². The van der Waals surface area contributed by atoms with Gasteiger partial charge in [-0.15, -0.1) is 0 Å². The van der Waals surface area contributed by atoms with Crippen LogP contribution in [0.5, 0.6) is 0 Å². The van der Waals surface area contributed by atoms with Crippen molar-refractivity contribution < 1.29 is 0 Å². The van der Waals surface area contributed by atoms with Gasteiger partial charge in [-0.1, -0.05) is 0 Å². The summed E-state index contributed by atoms with van der Waals surface area (Å²) in [6, 6.07) is 0. The van der Waals surface area contributed by atoms with Crippen LogP contribution < -0.4 is 0 Å². The normalized spacial score (nSPS) is 20.5. The van der Waals surface area contributed by atoms with Crippen molar-refractivity contribution in [3.05, 3.63) is 0 Å². The second-order valence-electron chi connectivity index (χ2n) is 4.95. The third-order valence-electron chi connectivity index (χ3n) is 3.70. The molecule has 0 bridgehead atoms. The summed E-state index contributed by atoms with van der Waals surface area (Å²) in [5.74, 6) is 0.972. The van der Waals surface area contributed by atoms with Crippen LogP contribution in [0.4, 0.5) is 0 Å². The highest BCUT2D eigenvalue weighted by Gasteiger charge is 2.23. The van der Waals surface area contributed by atoms with Crippen LogP contribution in [-0.4, -0.2) is 59.8 Å². The van der Waals surface area contributed by atoms with E-state index in [0.29, 0.717) is 11.9 Å². The fourth-order valence-corrected chi connectivity index (χ4v) is 2.56. The second-order valence-corrected chi connectivity index (χ2v) is 4.95. The van der Waals surface area contributed by atoms with E-state index >= 15 is 0 Å². The van der Waals surface area contributed by atoms with E-state index in [4.69, 9.17) is 10.8 Å². The minimum atomic E-state index is 0.484. The van der Waals surface area contributed by atoms with Crippen molar-refractivity contribution in [2.75, 3.05) is 33.2 Å². The molecule has 2 fully saturated rings. The number of rotatable bonds is 0. The molecule has 0 aromatic heterocycles. The number of likely N-dealkylation sites (tertiary alicyclic amines) is 2. The standard InChI is InChI=1S/C12H23N5/c1-15(12(14)17-9-5-6-10-17)11(13)16-7-3-2-4-8-16/h13-14H,2-10H2,1H3. The van der Waals surface area contributed by atoms with Crippen molar-refractivity contribution in [3.8, 4) is 0 Å². The topological polar surface area (TPSA) is 57.4 Å². The van der Waals surface area contributed by atoms with Gasteiger partial charge in [0.25, 0.3) is 0 Å². The summed E-state index contributed by atoms with van der Waals surface area (Å²) in [5, 5.41) is 16.3. The molecule has 0 amide bonds. The summed E-state index contributed by atoms with van der Waals surface area (Å²) in [6.45, 7) is 3.87. The minimum absolute atomic E-state index is 0.484. The van der Waals surface area contributed by atoms with Crippen LogP contribution in [0, 0.1) is 10.8 Å². The van der Waals surface area contributed by atoms with Gasteiger partial charge < -0.3 is 9.80 Å². The van der Waals surface area contributed by atoms with E-state index in [9.17, 15) is 0 Å². The number of nitrogens with one attached hydrogen (secondary N) is 2.